The van der Waals surface area contributed by atoms with Crippen LogP contribution in [0.3, 0.4) is 0 Å². The Kier molecular flexibility index (Phi) is 4.55. The van der Waals surface area contributed by atoms with Crippen molar-refractivity contribution < 1.29 is 31.4 Å². The van der Waals surface area contributed by atoms with Gasteiger partial charge in [0.15, 0.2) is 0 Å². The maximum absolute atomic E-state index is 12.7. The quantitative estimate of drug-likeness (QED) is 0.626. The Morgan fingerprint density at radius 2 is 2.00 bits per heavy atom. The van der Waals surface area contributed by atoms with E-state index in [1.807, 2.05) is 0 Å². The van der Waals surface area contributed by atoms with Gasteiger partial charge >= 0.3 is 6.36 Å². The summed E-state index contributed by atoms with van der Waals surface area (Å²) in [5.74, 6) is -1.99. The van der Waals surface area contributed by atoms with Crippen molar-refractivity contribution in [2.24, 2.45) is 0 Å². The molecule has 0 aliphatic heterocycles. The fourth-order valence-corrected chi connectivity index (χ4v) is 1.33. The average Bonchev–Trinajstić information content (AvgIpc) is 2.25. The minimum absolute atomic E-state index is 0.0721. The zero-order valence-electron chi connectivity index (χ0n) is 8.89. The Bertz CT molecular complexity index is 424. The first kappa shape index (κ1) is 14.7. The highest BCUT2D eigenvalue weighted by atomic mass is 35.5. The molecule has 1 aromatic heterocycles. The van der Waals surface area contributed by atoms with Crippen molar-refractivity contribution in [2.75, 3.05) is 7.11 Å². The number of hydrogen-bond acceptors (Lipinski definition) is 3. The molecule has 0 aliphatic rings. The Morgan fingerprint density at radius 1 is 1.39 bits per heavy atom. The van der Waals surface area contributed by atoms with E-state index in [9.17, 15) is 22.0 Å². The molecule has 3 nitrogen and oxygen atoms in total. The van der Waals surface area contributed by atoms with Gasteiger partial charge in [0.05, 0.1) is 18.7 Å². The first-order chi connectivity index (χ1) is 8.28. The molecule has 1 aromatic rings. The van der Waals surface area contributed by atoms with Crippen molar-refractivity contribution in [3.63, 3.8) is 0 Å². The predicted octanol–water partition coefficient (Wildman–Crippen LogP) is 3.67. The number of hydrogen-bond donors (Lipinski definition) is 0. The summed E-state index contributed by atoms with van der Waals surface area (Å²) in [4.78, 5) is 3.54. The van der Waals surface area contributed by atoms with Crippen LogP contribution >= 0.6 is 11.6 Å². The highest BCUT2D eigenvalue weighted by Crippen LogP contribution is 2.38. The van der Waals surface area contributed by atoms with Gasteiger partial charge in [-0.1, -0.05) is 0 Å². The predicted molar refractivity (Wildman–Crippen MR) is 52.0 cm³/mol. The number of aromatic nitrogens is 1. The maximum atomic E-state index is 12.7. The van der Waals surface area contributed by atoms with Crippen molar-refractivity contribution in [3.8, 4) is 11.6 Å². The van der Waals surface area contributed by atoms with Gasteiger partial charge in [-0.25, -0.2) is 13.8 Å². The molecule has 0 radical (unpaired) electrons. The van der Waals surface area contributed by atoms with Crippen molar-refractivity contribution in [1.29, 1.82) is 0 Å². The van der Waals surface area contributed by atoms with Crippen molar-refractivity contribution in [2.45, 2.75) is 18.7 Å². The summed E-state index contributed by atoms with van der Waals surface area (Å²) in [5.41, 5.74) is -1.14. The molecule has 102 valence electrons. The number of nitrogens with zero attached hydrogens (tertiary/aromatic N) is 1. The van der Waals surface area contributed by atoms with Crippen LogP contribution < -0.4 is 9.47 Å². The SMILES string of the molecule is COc1nc(CCl)cc(OC(F)(F)F)c1C(F)F. The van der Waals surface area contributed by atoms with Crippen molar-refractivity contribution in [3.05, 3.63) is 17.3 Å². The molecule has 0 N–H and O–H groups in total. The minimum Gasteiger partial charge on any atom is -0.481 e. The fraction of sp³-hybridized carbons (Fsp3) is 0.444. The molecule has 1 rings (SSSR count). The summed E-state index contributed by atoms with van der Waals surface area (Å²) < 4.78 is 69.7. The number of methoxy groups -OCH3 is 1. The van der Waals surface area contributed by atoms with Gasteiger partial charge in [0.1, 0.15) is 11.3 Å². The van der Waals surface area contributed by atoms with Crippen LogP contribution in [0.2, 0.25) is 0 Å². The topological polar surface area (TPSA) is 31.4 Å². The Hall–Kier alpha value is -1.31. The molecule has 0 saturated heterocycles. The molecule has 0 saturated carbocycles. The molecular weight excluding hydrogens is 285 g/mol. The van der Waals surface area contributed by atoms with Crippen LogP contribution in [-0.4, -0.2) is 18.5 Å². The van der Waals surface area contributed by atoms with Gasteiger partial charge < -0.3 is 9.47 Å². The normalized spacial score (nSPS) is 11.8. The second-order valence-electron chi connectivity index (χ2n) is 3.02. The van der Waals surface area contributed by atoms with Gasteiger partial charge in [0.25, 0.3) is 6.43 Å². The highest BCUT2D eigenvalue weighted by Gasteiger charge is 2.35. The monoisotopic (exact) mass is 291 g/mol. The molecule has 0 fully saturated rings. The third-order valence-corrected chi connectivity index (χ3v) is 2.09. The van der Waals surface area contributed by atoms with E-state index in [-0.39, 0.29) is 11.6 Å². The molecule has 0 unspecified atom stereocenters. The van der Waals surface area contributed by atoms with Gasteiger partial charge in [0, 0.05) is 6.07 Å². The standard InChI is InChI=1S/C9H7ClF5NO2/c1-17-8-6(7(11)12)5(18-9(13,14)15)2-4(3-10)16-8/h2,7H,3H2,1H3. The molecule has 0 atom stereocenters. The highest BCUT2D eigenvalue weighted by molar-refractivity contribution is 6.16. The van der Waals surface area contributed by atoms with Gasteiger partial charge in [-0.05, 0) is 0 Å². The van der Waals surface area contributed by atoms with E-state index in [0.29, 0.717) is 6.07 Å². The average molecular weight is 292 g/mol. The van der Waals surface area contributed by atoms with Gasteiger partial charge in [-0.3, -0.25) is 0 Å². The largest absolute Gasteiger partial charge is 0.573 e. The third kappa shape index (κ3) is 3.59. The molecule has 18 heavy (non-hydrogen) atoms. The molecule has 0 aromatic carbocycles. The van der Waals surface area contributed by atoms with E-state index in [4.69, 9.17) is 11.6 Å². The second-order valence-corrected chi connectivity index (χ2v) is 3.28. The molecule has 0 bridgehead atoms. The zero-order valence-corrected chi connectivity index (χ0v) is 9.65. The Balaban J connectivity index is 3.34. The minimum atomic E-state index is -5.10. The first-order valence-electron chi connectivity index (χ1n) is 4.46. The fourth-order valence-electron chi connectivity index (χ4n) is 1.19. The number of alkyl halides is 6. The lowest BCUT2D eigenvalue weighted by Gasteiger charge is -2.15. The number of rotatable bonds is 4. The van der Waals surface area contributed by atoms with E-state index >= 15 is 0 Å². The molecule has 9 heteroatoms. The van der Waals surface area contributed by atoms with E-state index in [1.54, 1.807) is 0 Å². The molecule has 1 heterocycles. The van der Waals surface area contributed by atoms with Gasteiger partial charge in [0.2, 0.25) is 5.88 Å². The zero-order chi connectivity index (χ0) is 13.9. The number of ether oxygens (including phenoxy) is 2. The number of halogens is 6. The van der Waals surface area contributed by atoms with E-state index in [0.717, 1.165) is 7.11 Å². The number of pyridine rings is 1. The summed E-state index contributed by atoms with van der Waals surface area (Å²) in [6, 6.07) is 0.699. The van der Waals surface area contributed by atoms with Crippen LogP contribution in [0.25, 0.3) is 0 Å². The smallest absolute Gasteiger partial charge is 0.481 e. The summed E-state index contributed by atoms with van der Waals surface area (Å²) in [5, 5.41) is 0. The first-order valence-corrected chi connectivity index (χ1v) is 4.99. The van der Waals surface area contributed by atoms with Crippen LogP contribution in [-0.2, 0) is 5.88 Å². The van der Waals surface area contributed by atoms with E-state index < -0.39 is 30.0 Å². The molecule has 0 amide bonds. The third-order valence-electron chi connectivity index (χ3n) is 1.81. The molecular formula is C9H7ClF5NO2. The summed E-state index contributed by atoms with van der Waals surface area (Å²) in [6.45, 7) is 0. The van der Waals surface area contributed by atoms with Crippen LogP contribution in [0.4, 0.5) is 22.0 Å². The van der Waals surface area contributed by atoms with Crippen LogP contribution in [0.5, 0.6) is 11.6 Å². The van der Waals surface area contributed by atoms with Crippen LogP contribution in [0.1, 0.15) is 17.7 Å². The van der Waals surface area contributed by atoms with E-state index in [2.05, 4.69) is 14.5 Å². The maximum Gasteiger partial charge on any atom is 0.573 e. The van der Waals surface area contributed by atoms with Crippen molar-refractivity contribution in [1.82, 2.24) is 4.98 Å². The van der Waals surface area contributed by atoms with Crippen LogP contribution in [0, 0.1) is 0 Å². The van der Waals surface area contributed by atoms with E-state index in [1.165, 1.54) is 0 Å². The molecule has 0 aliphatic carbocycles. The lowest BCUT2D eigenvalue weighted by Crippen LogP contribution is -2.19. The second kappa shape index (κ2) is 5.55. The van der Waals surface area contributed by atoms with Crippen molar-refractivity contribution >= 4 is 11.6 Å². The van der Waals surface area contributed by atoms with Gasteiger partial charge in [-0.2, -0.15) is 0 Å². The lowest BCUT2D eigenvalue weighted by molar-refractivity contribution is -0.275. The lowest BCUT2D eigenvalue weighted by atomic mass is 10.2. The Morgan fingerprint density at radius 3 is 2.39 bits per heavy atom. The van der Waals surface area contributed by atoms with Gasteiger partial charge in [-0.15, -0.1) is 24.8 Å². The van der Waals surface area contributed by atoms with Crippen LogP contribution in [0.15, 0.2) is 6.07 Å². The summed E-state index contributed by atoms with van der Waals surface area (Å²) in [7, 11) is 1.00. The summed E-state index contributed by atoms with van der Waals surface area (Å²) in [6.07, 6.45) is -8.33. The summed E-state index contributed by atoms with van der Waals surface area (Å²) >= 11 is 5.39. The Labute approximate surface area is 103 Å². The molecule has 0 spiro atoms.